The molecule has 1 fully saturated rings. The van der Waals surface area contributed by atoms with Gasteiger partial charge in [-0.05, 0) is 44.9 Å². The van der Waals surface area contributed by atoms with Gasteiger partial charge in [0.05, 0.1) is 17.8 Å². The van der Waals surface area contributed by atoms with Crippen LogP contribution in [0.4, 0.5) is 14.5 Å². The molecule has 6 heteroatoms. The lowest BCUT2D eigenvalue weighted by atomic mass is 10.2. The Bertz CT molecular complexity index is 520. The van der Waals surface area contributed by atoms with E-state index in [-0.39, 0.29) is 5.69 Å². The van der Waals surface area contributed by atoms with Crippen LogP contribution in [0.15, 0.2) is 18.2 Å². The van der Waals surface area contributed by atoms with Gasteiger partial charge in [-0.2, -0.15) is 0 Å². The summed E-state index contributed by atoms with van der Waals surface area (Å²) in [6, 6.07) is 2.35. The zero-order valence-electron chi connectivity index (χ0n) is 12.1. The summed E-state index contributed by atoms with van der Waals surface area (Å²) in [5.74, 6) is -1.41. The monoisotopic (exact) mass is 298 g/mol. The van der Waals surface area contributed by atoms with Crippen LogP contribution in [-0.4, -0.2) is 41.7 Å². The molecular formula is C15H20F2N2O2. The molecule has 4 nitrogen and oxygen atoms in total. The van der Waals surface area contributed by atoms with Crippen LogP contribution >= 0.6 is 0 Å². The van der Waals surface area contributed by atoms with Crippen LogP contribution in [0, 0.1) is 17.6 Å². The predicted octanol–water partition coefficient (Wildman–Crippen LogP) is 1.99. The molecule has 1 amide bonds. The van der Waals surface area contributed by atoms with E-state index in [4.69, 9.17) is 0 Å². The number of aliphatic hydroxyl groups is 1. The Hall–Kier alpha value is -1.53. The standard InChI is InChI=1S/C15H20F2N2O2/c1-9(19(2)8-14(20)10-3-4-10)15(21)18-13-7-11(16)5-6-12(13)17/h5-7,9-10,14,20H,3-4,8H2,1-2H3,(H,18,21). The number of nitrogens with zero attached hydrogens (tertiary/aromatic N) is 1. The molecule has 1 aromatic rings. The smallest absolute Gasteiger partial charge is 0.241 e. The largest absolute Gasteiger partial charge is 0.392 e. The van der Waals surface area contributed by atoms with E-state index in [1.54, 1.807) is 18.9 Å². The number of aliphatic hydroxyl groups excluding tert-OH is 1. The average molecular weight is 298 g/mol. The molecule has 0 aromatic heterocycles. The molecule has 2 N–H and O–H groups in total. The number of hydrogen-bond acceptors (Lipinski definition) is 3. The van der Waals surface area contributed by atoms with Gasteiger partial charge in [0.15, 0.2) is 0 Å². The lowest BCUT2D eigenvalue weighted by Crippen LogP contribution is -2.43. The van der Waals surface area contributed by atoms with Crippen molar-refractivity contribution in [3.63, 3.8) is 0 Å². The van der Waals surface area contributed by atoms with Crippen molar-refractivity contribution in [3.05, 3.63) is 29.8 Å². The minimum absolute atomic E-state index is 0.178. The molecule has 1 saturated carbocycles. The Morgan fingerprint density at radius 3 is 2.76 bits per heavy atom. The molecule has 0 aliphatic heterocycles. The highest BCUT2D eigenvalue weighted by molar-refractivity contribution is 5.94. The molecule has 2 unspecified atom stereocenters. The van der Waals surface area contributed by atoms with E-state index in [1.165, 1.54) is 0 Å². The number of halogens is 2. The van der Waals surface area contributed by atoms with Crippen LogP contribution in [0.25, 0.3) is 0 Å². The summed E-state index contributed by atoms with van der Waals surface area (Å²) in [4.78, 5) is 13.8. The Kier molecular flexibility index (Phi) is 4.90. The van der Waals surface area contributed by atoms with Crippen molar-refractivity contribution in [2.75, 3.05) is 18.9 Å². The quantitative estimate of drug-likeness (QED) is 0.844. The molecule has 1 aliphatic carbocycles. The van der Waals surface area contributed by atoms with Crippen LogP contribution < -0.4 is 5.32 Å². The first-order valence-electron chi connectivity index (χ1n) is 7.02. The van der Waals surface area contributed by atoms with Gasteiger partial charge in [0.1, 0.15) is 11.6 Å². The van der Waals surface area contributed by atoms with Crippen LogP contribution in [0.5, 0.6) is 0 Å². The second-order valence-electron chi connectivity index (χ2n) is 5.63. The fourth-order valence-corrected chi connectivity index (χ4v) is 2.11. The zero-order chi connectivity index (χ0) is 15.6. The van der Waals surface area contributed by atoms with Crippen LogP contribution in [0.3, 0.4) is 0 Å². The lowest BCUT2D eigenvalue weighted by Gasteiger charge is -2.26. The Morgan fingerprint density at radius 1 is 1.48 bits per heavy atom. The van der Waals surface area contributed by atoms with E-state index < -0.39 is 29.7 Å². The predicted molar refractivity (Wildman–Crippen MR) is 75.8 cm³/mol. The summed E-state index contributed by atoms with van der Waals surface area (Å²) in [6.07, 6.45) is 1.59. The number of anilines is 1. The normalized spacial score (nSPS) is 17.6. The maximum absolute atomic E-state index is 13.5. The van der Waals surface area contributed by atoms with E-state index >= 15 is 0 Å². The van der Waals surface area contributed by atoms with Gasteiger partial charge in [-0.3, -0.25) is 9.69 Å². The minimum atomic E-state index is -0.683. The number of hydrogen-bond donors (Lipinski definition) is 2. The molecule has 0 bridgehead atoms. The Morgan fingerprint density at radius 2 is 2.14 bits per heavy atom. The molecule has 1 aliphatic rings. The van der Waals surface area contributed by atoms with Crippen molar-refractivity contribution >= 4 is 11.6 Å². The molecule has 116 valence electrons. The van der Waals surface area contributed by atoms with Crippen molar-refractivity contribution in [1.82, 2.24) is 4.90 Å². The SMILES string of the molecule is CC(C(=O)Nc1cc(F)ccc1F)N(C)CC(O)C1CC1. The van der Waals surface area contributed by atoms with Gasteiger partial charge < -0.3 is 10.4 Å². The number of benzene rings is 1. The van der Waals surface area contributed by atoms with E-state index in [2.05, 4.69) is 5.32 Å². The first-order chi connectivity index (χ1) is 9.88. The van der Waals surface area contributed by atoms with Crippen LogP contribution in [-0.2, 0) is 4.79 Å². The summed E-state index contributed by atoms with van der Waals surface area (Å²) in [7, 11) is 1.72. The summed E-state index contributed by atoms with van der Waals surface area (Å²) >= 11 is 0. The second kappa shape index (κ2) is 6.49. The van der Waals surface area contributed by atoms with Crippen molar-refractivity contribution in [2.24, 2.45) is 5.92 Å². The lowest BCUT2D eigenvalue weighted by molar-refractivity contribution is -0.120. The zero-order valence-corrected chi connectivity index (χ0v) is 12.1. The van der Waals surface area contributed by atoms with Crippen LogP contribution in [0.1, 0.15) is 19.8 Å². The molecule has 0 radical (unpaired) electrons. The van der Waals surface area contributed by atoms with Crippen molar-refractivity contribution in [1.29, 1.82) is 0 Å². The van der Waals surface area contributed by atoms with Gasteiger partial charge in [0.25, 0.3) is 0 Å². The number of rotatable bonds is 6. The van der Waals surface area contributed by atoms with Gasteiger partial charge in [-0.25, -0.2) is 8.78 Å². The topological polar surface area (TPSA) is 52.6 Å². The van der Waals surface area contributed by atoms with Crippen molar-refractivity contribution in [3.8, 4) is 0 Å². The van der Waals surface area contributed by atoms with Gasteiger partial charge >= 0.3 is 0 Å². The number of carbonyl (C=O) groups excluding carboxylic acids is 1. The van der Waals surface area contributed by atoms with E-state index in [0.29, 0.717) is 12.5 Å². The molecule has 0 heterocycles. The fourth-order valence-electron chi connectivity index (χ4n) is 2.11. The van der Waals surface area contributed by atoms with Crippen LogP contribution in [0.2, 0.25) is 0 Å². The third-order valence-corrected chi connectivity index (χ3v) is 3.87. The van der Waals surface area contributed by atoms with Crippen molar-refractivity contribution in [2.45, 2.75) is 31.9 Å². The minimum Gasteiger partial charge on any atom is -0.392 e. The highest BCUT2D eigenvalue weighted by atomic mass is 19.1. The molecule has 2 atom stereocenters. The molecule has 2 rings (SSSR count). The molecular weight excluding hydrogens is 278 g/mol. The fraction of sp³-hybridized carbons (Fsp3) is 0.533. The first-order valence-corrected chi connectivity index (χ1v) is 7.02. The third-order valence-electron chi connectivity index (χ3n) is 3.87. The van der Waals surface area contributed by atoms with Gasteiger partial charge in [-0.1, -0.05) is 0 Å². The van der Waals surface area contributed by atoms with Gasteiger partial charge in [-0.15, -0.1) is 0 Å². The van der Waals surface area contributed by atoms with E-state index in [9.17, 15) is 18.7 Å². The second-order valence-corrected chi connectivity index (χ2v) is 5.63. The maximum Gasteiger partial charge on any atom is 0.241 e. The molecule has 0 spiro atoms. The van der Waals surface area contributed by atoms with Gasteiger partial charge in [0, 0.05) is 12.6 Å². The first kappa shape index (κ1) is 15.9. The van der Waals surface area contributed by atoms with E-state index in [1.807, 2.05) is 0 Å². The number of nitrogens with one attached hydrogen (secondary N) is 1. The Balaban J connectivity index is 1.93. The average Bonchev–Trinajstić information content (AvgIpc) is 3.26. The summed E-state index contributed by atoms with van der Waals surface area (Å²) in [5.41, 5.74) is -0.178. The summed E-state index contributed by atoms with van der Waals surface area (Å²) in [5, 5.41) is 12.2. The van der Waals surface area contributed by atoms with Gasteiger partial charge in [0.2, 0.25) is 5.91 Å². The highest BCUT2D eigenvalue weighted by Crippen LogP contribution is 2.32. The number of carbonyl (C=O) groups is 1. The molecule has 0 saturated heterocycles. The van der Waals surface area contributed by atoms with Crippen molar-refractivity contribution < 1.29 is 18.7 Å². The summed E-state index contributed by atoms with van der Waals surface area (Å²) in [6.45, 7) is 2.04. The summed E-state index contributed by atoms with van der Waals surface area (Å²) < 4.78 is 26.5. The van der Waals surface area contributed by atoms with E-state index in [0.717, 1.165) is 31.0 Å². The number of likely N-dealkylation sites (N-methyl/N-ethyl adjacent to an activating group) is 1. The Labute approximate surface area is 122 Å². The third kappa shape index (κ3) is 4.22. The number of amides is 1. The molecule has 21 heavy (non-hydrogen) atoms. The highest BCUT2D eigenvalue weighted by Gasteiger charge is 2.32. The maximum atomic E-state index is 13.5. The molecule has 1 aromatic carbocycles.